The molecule has 0 radical (unpaired) electrons. The number of nitrogens with zero attached hydrogens (tertiary/aromatic N) is 1. The summed E-state index contributed by atoms with van der Waals surface area (Å²) in [5, 5.41) is 5.64. The smallest absolute Gasteiger partial charge is 0.255 e. The van der Waals surface area contributed by atoms with Crippen LogP contribution in [0, 0.1) is 0 Å². The summed E-state index contributed by atoms with van der Waals surface area (Å²) in [6.07, 6.45) is 3.37. The molecule has 3 rings (SSSR count). The van der Waals surface area contributed by atoms with Crippen molar-refractivity contribution in [3.63, 3.8) is 0 Å². The van der Waals surface area contributed by atoms with Crippen molar-refractivity contribution >= 4 is 17.5 Å². The second kappa shape index (κ2) is 9.32. The lowest BCUT2D eigenvalue weighted by Crippen LogP contribution is -2.23. The number of benzene rings is 2. The molecule has 6 nitrogen and oxygen atoms in total. The van der Waals surface area contributed by atoms with Crippen molar-refractivity contribution in [2.24, 2.45) is 0 Å². The Labute approximate surface area is 163 Å². The number of pyridine rings is 1. The third kappa shape index (κ3) is 5.17. The minimum Gasteiger partial charge on any atom is -0.494 e. The highest BCUT2D eigenvalue weighted by Gasteiger charge is 2.11. The number of ether oxygens (including phenoxy) is 1. The summed E-state index contributed by atoms with van der Waals surface area (Å²) in [6.45, 7) is 2.87. The molecule has 0 saturated carbocycles. The molecule has 0 bridgehead atoms. The van der Waals surface area contributed by atoms with Gasteiger partial charge in [0, 0.05) is 35.8 Å². The van der Waals surface area contributed by atoms with Gasteiger partial charge in [0.05, 0.1) is 6.61 Å². The van der Waals surface area contributed by atoms with Gasteiger partial charge in [-0.2, -0.15) is 0 Å². The number of carbonyl (C=O) groups excluding carboxylic acids is 2. The van der Waals surface area contributed by atoms with Gasteiger partial charge in [0.25, 0.3) is 11.8 Å². The topological polar surface area (TPSA) is 80.3 Å². The Hall–Kier alpha value is -3.67. The largest absolute Gasteiger partial charge is 0.494 e. The van der Waals surface area contributed by atoms with E-state index in [4.69, 9.17) is 4.74 Å². The second-order valence-corrected chi connectivity index (χ2v) is 6.04. The molecule has 0 aliphatic rings. The van der Waals surface area contributed by atoms with Crippen LogP contribution in [0.15, 0.2) is 73.1 Å². The van der Waals surface area contributed by atoms with Crippen LogP contribution in [0.4, 0.5) is 5.69 Å². The van der Waals surface area contributed by atoms with Gasteiger partial charge in [-0.3, -0.25) is 14.6 Å². The highest BCUT2D eigenvalue weighted by molar-refractivity contribution is 6.06. The van der Waals surface area contributed by atoms with Gasteiger partial charge in [0.2, 0.25) is 0 Å². The summed E-state index contributed by atoms with van der Waals surface area (Å²) in [6, 6.07) is 17.4. The maximum Gasteiger partial charge on any atom is 0.255 e. The molecule has 0 spiro atoms. The molecular weight excluding hydrogens is 354 g/mol. The van der Waals surface area contributed by atoms with E-state index in [1.54, 1.807) is 60.9 Å². The fourth-order valence-corrected chi connectivity index (χ4v) is 2.59. The number of hydrogen-bond donors (Lipinski definition) is 2. The van der Waals surface area contributed by atoms with Crippen LogP contribution in [0.1, 0.15) is 33.2 Å². The highest BCUT2D eigenvalue weighted by Crippen LogP contribution is 2.17. The van der Waals surface area contributed by atoms with E-state index in [2.05, 4.69) is 15.6 Å². The molecule has 3 aromatic rings. The summed E-state index contributed by atoms with van der Waals surface area (Å²) >= 11 is 0. The molecule has 2 amide bonds. The molecule has 142 valence electrons. The van der Waals surface area contributed by atoms with Crippen molar-refractivity contribution in [2.75, 3.05) is 11.9 Å². The first-order chi connectivity index (χ1) is 13.7. The lowest BCUT2D eigenvalue weighted by Gasteiger charge is -2.09. The number of aromatic nitrogens is 1. The highest BCUT2D eigenvalue weighted by atomic mass is 16.5. The first kappa shape index (κ1) is 19.1. The quantitative estimate of drug-likeness (QED) is 0.660. The lowest BCUT2D eigenvalue weighted by atomic mass is 10.1. The van der Waals surface area contributed by atoms with E-state index in [1.807, 2.05) is 19.1 Å². The van der Waals surface area contributed by atoms with Gasteiger partial charge in [-0.05, 0) is 61.0 Å². The van der Waals surface area contributed by atoms with Crippen LogP contribution in [0.2, 0.25) is 0 Å². The monoisotopic (exact) mass is 375 g/mol. The van der Waals surface area contributed by atoms with Crippen LogP contribution < -0.4 is 15.4 Å². The van der Waals surface area contributed by atoms with Crippen LogP contribution in [0.5, 0.6) is 5.75 Å². The number of amides is 2. The first-order valence-electron chi connectivity index (χ1n) is 8.97. The Balaban J connectivity index is 1.63. The van der Waals surface area contributed by atoms with E-state index in [-0.39, 0.29) is 11.8 Å². The van der Waals surface area contributed by atoms with Crippen LogP contribution in [0.3, 0.4) is 0 Å². The molecule has 0 aliphatic heterocycles. The predicted molar refractivity (Wildman–Crippen MR) is 107 cm³/mol. The van der Waals surface area contributed by atoms with Gasteiger partial charge in [0.15, 0.2) is 0 Å². The minimum absolute atomic E-state index is 0.250. The zero-order valence-corrected chi connectivity index (χ0v) is 15.5. The molecule has 1 heterocycles. The van der Waals surface area contributed by atoms with Crippen molar-refractivity contribution in [3.8, 4) is 5.75 Å². The van der Waals surface area contributed by atoms with Gasteiger partial charge in [0.1, 0.15) is 5.75 Å². The van der Waals surface area contributed by atoms with Gasteiger partial charge in [-0.25, -0.2) is 0 Å². The summed E-state index contributed by atoms with van der Waals surface area (Å²) < 4.78 is 5.39. The molecule has 0 unspecified atom stereocenters. The zero-order valence-electron chi connectivity index (χ0n) is 15.5. The number of nitrogens with one attached hydrogen (secondary N) is 2. The van der Waals surface area contributed by atoms with Crippen molar-refractivity contribution in [3.05, 3.63) is 89.7 Å². The SMILES string of the molecule is CCOc1ccc(NC(=O)c2cccc(C(=O)NCc3cccnc3)c2)cc1. The van der Waals surface area contributed by atoms with E-state index in [1.165, 1.54) is 0 Å². The number of carbonyl (C=O) groups is 2. The fraction of sp³-hybridized carbons (Fsp3) is 0.136. The molecular formula is C22H21N3O3. The normalized spacial score (nSPS) is 10.2. The lowest BCUT2D eigenvalue weighted by molar-refractivity contribution is 0.0951. The molecule has 1 aromatic heterocycles. The Bertz CT molecular complexity index is 941. The van der Waals surface area contributed by atoms with Crippen LogP contribution in [-0.4, -0.2) is 23.4 Å². The molecule has 2 aromatic carbocycles. The Morgan fingerprint density at radius 1 is 0.964 bits per heavy atom. The molecule has 2 N–H and O–H groups in total. The van der Waals surface area contributed by atoms with Gasteiger partial charge < -0.3 is 15.4 Å². The van der Waals surface area contributed by atoms with E-state index in [9.17, 15) is 9.59 Å². The second-order valence-electron chi connectivity index (χ2n) is 6.04. The first-order valence-corrected chi connectivity index (χ1v) is 8.97. The number of anilines is 1. The predicted octanol–water partition coefficient (Wildman–Crippen LogP) is 3.66. The Morgan fingerprint density at radius 3 is 2.39 bits per heavy atom. The summed E-state index contributed by atoms with van der Waals surface area (Å²) in [7, 11) is 0. The van der Waals surface area contributed by atoms with Crippen LogP contribution >= 0.6 is 0 Å². The van der Waals surface area contributed by atoms with Crippen molar-refractivity contribution in [2.45, 2.75) is 13.5 Å². The average Bonchev–Trinajstić information content (AvgIpc) is 2.74. The maximum absolute atomic E-state index is 12.5. The molecule has 0 fully saturated rings. The molecule has 0 saturated heterocycles. The average molecular weight is 375 g/mol. The van der Waals surface area contributed by atoms with Crippen molar-refractivity contribution in [1.29, 1.82) is 0 Å². The van der Waals surface area contributed by atoms with Crippen molar-refractivity contribution < 1.29 is 14.3 Å². The standard InChI is InChI=1S/C22H21N3O3/c1-2-28-20-10-8-19(9-11-20)25-22(27)18-7-3-6-17(13-18)21(26)24-15-16-5-4-12-23-14-16/h3-14H,2,15H2,1H3,(H,24,26)(H,25,27). The minimum atomic E-state index is -0.286. The van der Waals surface area contributed by atoms with E-state index < -0.39 is 0 Å². The number of rotatable bonds is 7. The van der Waals surface area contributed by atoms with Gasteiger partial charge >= 0.3 is 0 Å². The van der Waals surface area contributed by atoms with Crippen molar-refractivity contribution in [1.82, 2.24) is 10.3 Å². The van der Waals surface area contributed by atoms with E-state index in [0.717, 1.165) is 11.3 Å². The number of hydrogen-bond acceptors (Lipinski definition) is 4. The third-order valence-electron chi connectivity index (χ3n) is 3.99. The molecule has 0 atom stereocenters. The molecule has 28 heavy (non-hydrogen) atoms. The summed E-state index contributed by atoms with van der Waals surface area (Å²) in [5.74, 6) is 0.207. The van der Waals surface area contributed by atoms with Crippen LogP contribution in [0.25, 0.3) is 0 Å². The third-order valence-corrected chi connectivity index (χ3v) is 3.99. The molecule has 0 aliphatic carbocycles. The van der Waals surface area contributed by atoms with Crippen LogP contribution in [-0.2, 0) is 6.54 Å². The maximum atomic E-state index is 12.5. The Morgan fingerprint density at radius 2 is 1.71 bits per heavy atom. The molecule has 6 heteroatoms. The summed E-state index contributed by atoms with van der Waals surface area (Å²) in [4.78, 5) is 28.9. The fourth-order valence-electron chi connectivity index (χ4n) is 2.59. The van der Waals surface area contributed by atoms with E-state index in [0.29, 0.717) is 30.0 Å². The van der Waals surface area contributed by atoms with Gasteiger partial charge in [-0.1, -0.05) is 12.1 Å². The van der Waals surface area contributed by atoms with Gasteiger partial charge in [-0.15, -0.1) is 0 Å². The van der Waals surface area contributed by atoms with E-state index >= 15 is 0 Å². The summed E-state index contributed by atoms with van der Waals surface area (Å²) in [5.41, 5.74) is 2.38. The zero-order chi connectivity index (χ0) is 19.8. The Kier molecular flexibility index (Phi) is 6.36.